The summed E-state index contributed by atoms with van der Waals surface area (Å²) in [4.78, 5) is 27.6. The van der Waals surface area contributed by atoms with Gasteiger partial charge in [-0.25, -0.2) is 15.0 Å². The number of amides is 1. The van der Waals surface area contributed by atoms with Crippen molar-refractivity contribution in [3.63, 3.8) is 0 Å². The fourth-order valence-corrected chi connectivity index (χ4v) is 3.50. The van der Waals surface area contributed by atoms with Crippen molar-refractivity contribution in [1.29, 1.82) is 0 Å². The van der Waals surface area contributed by atoms with Gasteiger partial charge in [-0.05, 0) is 13.3 Å². The molecule has 122 valence electrons. The summed E-state index contributed by atoms with van der Waals surface area (Å²) >= 11 is 1.69. The maximum absolute atomic E-state index is 12.0. The van der Waals surface area contributed by atoms with Crippen LogP contribution in [0.1, 0.15) is 52.3 Å². The van der Waals surface area contributed by atoms with Gasteiger partial charge in [-0.2, -0.15) is 0 Å². The van der Waals surface area contributed by atoms with Crippen molar-refractivity contribution in [2.75, 3.05) is 18.5 Å². The molecule has 0 saturated heterocycles. The van der Waals surface area contributed by atoms with Gasteiger partial charge in [0, 0.05) is 30.5 Å². The van der Waals surface area contributed by atoms with E-state index >= 15 is 0 Å². The fraction of sp³-hybridized carbons (Fsp3) is 0.500. The molecule has 0 unspecified atom stereocenters. The lowest BCUT2D eigenvalue weighted by molar-refractivity contribution is 0.0940. The first-order valence-electron chi connectivity index (χ1n) is 7.77. The first kappa shape index (κ1) is 15.9. The summed E-state index contributed by atoms with van der Waals surface area (Å²) in [5.74, 6) is 1.78. The van der Waals surface area contributed by atoms with Gasteiger partial charge in [0.15, 0.2) is 0 Å². The lowest BCUT2D eigenvalue weighted by Gasteiger charge is -2.24. The van der Waals surface area contributed by atoms with Crippen molar-refractivity contribution >= 4 is 23.1 Å². The van der Waals surface area contributed by atoms with Gasteiger partial charge in [-0.15, -0.1) is 11.3 Å². The van der Waals surface area contributed by atoms with Crippen molar-refractivity contribution in [2.45, 2.75) is 39.7 Å². The number of thiazole rings is 1. The number of nitrogens with one attached hydrogen (secondary N) is 1. The number of carbonyl (C=O) groups excluding carboxylic acids is 1. The number of rotatable bonds is 4. The number of anilines is 1. The molecule has 23 heavy (non-hydrogen) atoms. The molecule has 0 atom stereocenters. The molecule has 1 aliphatic rings. The highest BCUT2D eigenvalue weighted by molar-refractivity contribution is 7.09. The predicted octanol–water partition coefficient (Wildman–Crippen LogP) is 2.29. The largest absolute Gasteiger partial charge is 0.353 e. The maximum atomic E-state index is 12.0. The first-order valence-corrected chi connectivity index (χ1v) is 8.65. The molecule has 0 fully saturated rings. The zero-order valence-electron chi connectivity index (χ0n) is 13.9. The number of carbonyl (C=O) groups is 1. The molecule has 1 aliphatic heterocycles. The number of aryl methyl sites for hydroxylation is 1. The van der Waals surface area contributed by atoms with Crippen LogP contribution >= 0.6 is 11.3 Å². The first-order chi connectivity index (χ1) is 11.0. The minimum atomic E-state index is -0.109. The second kappa shape index (κ2) is 6.23. The molecule has 0 aromatic carbocycles. The minimum absolute atomic E-state index is 0.109. The molecule has 0 bridgehead atoms. The van der Waals surface area contributed by atoms with E-state index in [1.807, 2.05) is 14.0 Å². The van der Waals surface area contributed by atoms with Gasteiger partial charge in [-0.3, -0.25) is 4.79 Å². The Hall–Kier alpha value is -2.02. The van der Waals surface area contributed by atoms with Crippen LogP contribution in [0.15, 0.2) is 5.38 Å². The molecular formula is C16H21N5OS. The van der Waals surface area contributed by atoms with E-state index in [0.717, 1.165) is 28.5 Å². The third-order valence-corrected chi connectivity index (χ3v) is 4.99. The highest BCUT2D eigenvalue weighted by Crippen LogP contribution is 2.25. The van der Waals surface area contributed by atoms with E-state index in [1.165, 1.54) is 0 Å². The molecule has 2 aromatic heterocycles. The number of nitrogens with zero attached hydrogens (tertiary/aromatic N) is 4. The Kier molecular flexibility index (Phi) is 4.30. The minimum Gasteiger partial charge on any atom is -0.353 e. The van der Waals surface area contributed by atoms with Crippen LogP contribution in [0.25, 0.3) is 0 Å². The van der Waals surface area contributed by atoms with Gasteiger partial charge < -0.3 is 10.2 Å². The van der Waals surface area contributed by atoms with Crippen LogP contribution in [0, 0.1) is 6.92 Å². The fourth-order valence-electron chi connectivity index (χ4n) is 2.68. The summed E-state index contributed by atoms with van der Waals surface area (Å²) in [6, 6.07) is 0. The van der Waals surface area contributed by atoms with Crippen molar-refractivity contribution < 1.29 is 4.79 Å². The normalized spacial score (nSPS) is 13.9. The number of hydrogen-bond acceptors (Lipinski definition) is 6. The van der Waals surface area contributed by atoms with Crippen molar-refractivity contribution in [1.82, 2.24) is 20.3 Å². The summed E-state index contributed by atoms with van der Waals surface area (Å²) < 4.78 is 0. The Bertz CT molecular complexity index is 740. The number of hydrogen-bond donors (Lipinski definition) is 1. The average Bonchev–Trinajstić information content (AvgIpc) is 2.96. The third kappa shape index (κ3) is 3.19. The van der Waals surface area contributed by atoms with E-state index in [1.54, 1.807) is 11.3 Å². The molecule has 1 amide bonds. The summed E-state index contributed by atoms with van der Waals surface area (Å²) in [5, 5.41) is 6.08. The van der Waals surface area contributed by atoms with E-state index in [4.69, 9.17) is 0 Å². The molecule has 2 aromatic rings. The molecule has 3 rings (SSSR count). The third-order valence-electron chi connectivity index (χ3n) is 3.80. The highest BCUT2D eigenvalue weighted by Gasteiger charge is 2.24. The Morgan fingerprint density at radius 1 is 1.35 bits per heavy atom. The molecule has 0 aliphatic carbocycles. The van der Waals surface area contributed by atoms with E-state index in [9.17, 15) is 4.79 Å². The molecule has 6 nitrogen and oxygen atoms in total. The lowest BCUT2D eigenvalue weighted by atomic mass is 10.1. The van der Waals surface area contributed by atoms with Gasteiger partial charge in [-0.1, -0.05) is 13.8 Å². The monoisotopic (exact) mass is 331 g/mol. The highest BCUT2D eigenvalue weighted by atomic mass is 32.1. The van der Waals surface area contributed by atoms with Crippen LogP contribution < -0.4 is 10.2 Å². The topological polar surface area (TPSA) is 71.0 Å². The van der Waals surface area contributed by atoms with E-state index in [2.05, 4.69) is 44.4 Å². The lowest BCUT2D eigenvalue weighted by Crippen LogP contribution is -2.35. The Morgan fingerprint density at radius 2 is 2.13 bits per heavy atom. The Balaban J connectivity index is 1.89. The molecule has 1 N–H and O–H groups in total. The standard InChI is InChI=1S/C16H21N5OS/c1-9(2)16-20-11(8-23-16)7-21(4)14-12-5-6-17-15(22)13(12)18-10(3)19-14/h8-9H,5-7H2,1-4H3,(H,17,22). The Morgan fingerprint density at radius 3 is 2.83 bits per heavy atom. The van der Waals surface area contributed by atoms with Crippen LogP contribution in [0.5, 0.6) is 0 Å². The zero-order chi connectivity index (χ0) is 16.6. The Labute approximate surface area is 140 Å². The number of fused-ring (bicyclic) bond motifs is 1. The molecule has 0 spiro atoms. The van der Waals surface area contributed by atoms with Gasteiger partial charge in [0.05, 0.1) is 17.2 Å². The average molecular weight is 331 g/mol. The summed E-state index contributed by atoms with van der Waals surface area (Å²) in [6.45, 7) is 7.42. The van der Waals surface area contributed by atoms with Gasteiger partial charge in [0.1, 0.15) is 17.3 Å². The van der Waals surface area contributed by atoms with E-state index in [-0.39, 0.29) is 5.91 Å². The van der Waals surface area contributed by atoms with Crippen LogP contribution in [-0.4, -0.2) is 34.5 Å². The SMILES string of the molecule is Cc1nc2c(c(N(C)Cc3csc(C(C)C)n3)n1)CCNC2=O. The van der Waals surface area contributed by atoms with Crippen LogP contribution in [0.2, 0.25) is 0 Å². The van der Waals surface area contributed by atoms with Gasteiger partial charge >= 0.3 is 0 Å². The zero-order valence-corrected chi connectivity index (χ0v) is 14.7. The summed E-state index contributed by atoms with van der Waals surface area (Å²) in [5.41, 5.74) is 2.47. The second-order valence-electron chi connectivity index (χ2n) is 6.12. The summed E-state index contributed by atoms with van der Waals surface area (Å²) in [7, 11) is 1.99. The predicted molar refractivity (Wildman–Crippen MR) is 91.1 cm³/mol. The molecule has 0 radical (unpaired) electrons. The van der Waals surface area contributed by atoms with E-state index < -0.39 is 0 Å². The van der Waals surface area contributed by atoms with Crippen LogP contribution in [0.3, 0.4) is 0 Å². The van der Waals surface area contributed by atoms with Crippen molar-refractivity contribution in [3.8, 4) is 0 Å². The summed E-state index contributed by atoms with van der Waals surface area (Å²) in [6.07, 6.45) is 0.759. The van der Waals surface area contributed by atoms with E-state index in [0.29, 0.717) is 30.5 Å². The quantitative estimate of drug-likeness (QED) is 0.931. The second-order valence-corrected chi connectivity index (χ2v) is 7.01. The van der Waals surface area contributed by atoms with Gasteiger partial charge in [0.2, 0.25) is 0 Å². The molecular weight excluding hydrogens is 310 g/mol. The number of aromatic nitrogens is 3. The molecule has 7 heteroatoms. The van der Waals surface area contributed by atoms with Crippen molar-refractivity contribution in [3.05, 3.63) is 33.2 Å². The molecule has 0 saturated carbocycles. The molecule has 3 heterocycles. The van der Waals surface area contributed by atoms with Gasteiger partial charge in [0.25, 0.3) is 5.91 Å². The van der Waals surface area contributed by atoms with Crippen LogP contribution in [-0.2, 0) is 13.0 Å². The maximum Gasteiger partial charge on any atom is 0.270 e. The van der Waals surface area contributed by atoms with Crippen molar-refractivity contribution in [2.24, 2.45) is 0 Å². The smallest absolute Gasteiger partial charge is 0.270 e. The van der Waals surface area contributed by atoms with Crippen LogP contribution in [0.4, 0.5) is 5.82 Å².